The largest absolute Gasteiger partial charge is 0.481 e. The Balaban J connectivity index is 1.40. The van der Waals surface area contributed by atoms with Gasteiger partial charge in [0.15, 0.2) is 20.6 Å². The molecular weight excluding hydrogens is 464 g/mol. The highest BCUT2D eigenvalue weighted by Gasteiger charge is 2.39. The van der Waals surface area contributed by atoms with Crippen LogP contribution in [0.1, 0.15) is 43.2 Å². The summed E-state index contributed by atoms with van der Waals surface area (Å²) in [7, 11) is -1.86. The first-order valence-corrected chi connectivity index (χ1v) is 13.5. The maximum atomic E-state index is 13.5. The Bertz CT molecular complexity index is 1260. The van der Waals surface area contributed by atoms with Crippen LogP contribution in [0, 0.1) is 5.92 Å². The number of hydrogen-bond donors (Lipinski definition) is 0. The molecule has 0 amide bonds. The van der Waals surface area contributed by atoms with Crippen molar-refractivity contribution in [1.82, 2.24) is 19.7 Å². The van der Waals surface area contributed by atoms with Crippen LogP contribution in [0.5, 0.6) is 5.88 Å². The number of rotatable bonds is 9. The number of hydrogen-bond acceptors (Lipinski definition) is 9. The van der Waals surface area contributed by atoms with Crippen molar-refractivity contribution >= 4 is 37.3 Å². The lowest BCUT2D eigenvalue weighted by atomic mass is 9.90. The fraction of sp³-hybridized carbons (Fsp3) is 0.545. The first-order chi connectivity index (χ1) is 15.9. The van der Waals surface area contributed by atoms with Gasteiger partial charge < -0.3 is 9.47 Å². The summed E-state index contributed by atoms with van der Waals surface area (Å²) in [6.07, 6.45) is 5.48. The number of thiazole rings is 1. The van der Waals surface area contributed by atoms with E-state index in [1.807, 2.05) is 6.07 Å². The van der Waals surface area contributed by atoms with E-state index in [0.717, 1.165) is 23.2 Å². The van der Waals surface area contributed by atoms with Crippen LogP contribution in [-0.2, 0) is 25.8 Å². The van der Waals surface area contributed by atoms with Crippen LogP contribution in [0.3, 0.4) is 0 Å². The molecule has 2 fully saturated rings. The van der Waals surface area contributed by atoms with Crippen LogP contribution in [-0.4, -0.2) is 59.5 Å². The Hall–Kier alpha value is -2.37. The monoisotopic (exact) mass is 490 g/mol. The number of carbonyl (C=O) groups is 1. The second-order valence-corrected chi connectivity index (χ2v) is 11.9. The molecule has 0 aromatic carbocycles. The van der Waals surface area contributed by atoms with E-state index in [4.69, 9.17) is 9.47 Å². The van der Waals surface area contributed by atoms with E-state index in [-0.39, 0.29) is 22.5 Å². The molecule has 2 aliphatic rings. The van der Waals surface area contributed by atoms with Gasteiger partial charge in [-0.3, -0.25) is 9.48 Å². The van der Waals surface area contributed by atoms with Gasteiger partial charge in [0.1, 0.15) is 21.4 Å². The molecule has 11 heteroatoms. The van der Waals surface area contributed by atoms with Crippen LogP contribution >= 0.6 is 11.3 Å². The van der Waals surface area contributed by atoms with Crippen molar-refractivity contribution in [2.45, 2.75) is 54.8 Å². The van der Waals surface area contributed by atoms with E-state index in [1.54, 1.807) is 24.1 Å². The highest BCUT2D eigenvalue weighted by molar-refractivity contribution is 7.92. The number of carbonyl (C=O) groups excluding carboxylic acids is 1. The number of pyridine rings is 1. The molecule has 1 aliphatic carbocycles. The van der Waals surface area contributed by atoms with Crippen molar-refractivity contribution in [3.63, 3.8) is 0 Å². The third kappa shape index (κ3) is 4.80. The summed E-state index contributed by atoms with van der Waals surface area (Å²) in [5, 5.41) is 4.77. The highest BCUT2D eigenvalue weighted by atomic mass is 32.2. The lowest BCUT2D eigenvalue weighted by molar-refractivity contribution is -0.122. The van der Waals surface area contributed by atoms with E-state index >= 15 is 0 Å². The Morgan fingerprint density at radius 1 is 1.21 bits per heavy atom. The number of sulfone groups is 1. The van der Waals surface area contributed by atoms with Crippen LogP contribution in [0.4, 0.5) is 0 Å². The molecule has 9 nitrogen and oxygen atoms in total. The molecule has 176 valence electrons. The summed E-state index contributed by atoms with van der Waals surface area (Å²) in [6, 6.07) is 4.54. The minimum Gasteiger partial charge on any atom is -0.481 e. The summed E-state index contributed by atoms with van der Waals surface area (Å²) >= 11 is 1.37. The minimum atomic E-state index is -3.41. The molecule has 0 N–H and O–H groups in total. The molecule has 3 aromatic rings. The van der Waals surface area contributed by atoms with Crippen molar-refractivity contribution in [1.29, 1.82) is 0 Å². The fourth-order valence-corrected chi connectivity index (χ4v) is 6.67. The molecule has 0 unspecified atom stereocenters. The molecule has 0 radical (unpaired) electrons. The summed E-state index contributed by atoms with van der Waals surface area (Å²) in [5.74, 6) is 0.787. The quantitative estimate of drug-likeness (QED) is 0.450. The lowest BCUT2D eigenvalue weighted by Gasteiger charge is -2.26. The molecule has 0 bridgehead atoms. The molecule has 0 spiro atoms. The molecule has 1 aliphatic heterocycles. The molecule has 1 saturated carbocycles. The number of Topliss-reactive ketones (excluding diaryl/α,β-unsaturated/α-hetero) is 1. The van der Waals surface area contributed by atoms with E-state index in [2.05, 4.69) is 15.1 Å². The van der Waals surface area contributed by atoms with Gasteiger partial charge in [0.25, 0.3) is 0 Å². The predicted octanol–water partition coefficient (Wildman–Crippen LogP) is 3.00. The Morgan fingerprint density at radius 3 is 2.73 bits per heavy atom. The van der Waals surface area contributed by atoms with Gasteiger partial charge in [0.2, 0.25) is 5.88 Å². The van der Waals surface area contributed by atoms with Gasteiger partial charge in [0.05, 0.1) is 18.8 Å². The maximum Gasteiger partial charge on any atom is 0.214 e. The number of nitrogens with zero attached hydrogens (tertiary/aromatic N) is 4. The fourth-order valence-electron chi connectivity index (χ4n) is 4.18. The van der Waals surface area contributed by atoms with E-state index in [0.29, 0.717) is 49.3 Å². The number of ketones is 1. The van der Waals surface area contributed by atoms with Gasteiger partial charge in [-0.15, -0.1) is 0 Å². The second-order valence-electron chi connectivity index (χ2n) is 8.61. The number of ether oxygens (including phenoxy) is 2. The number of fused-ring (bicyclic) bond motifs is 1. The third-order valence-electron chi connectivity index (χ3n) is 6.24. The van der Waals surface area contributed by atoms with E-state index in [9.17, 15) is 13.2 Å². The zero-order valence-corrected chi connectivity index (χ0v) is 20.0. The Kier molecular flexibility index (Phi) is 6.19. The van der Waals surface area contributed by atoms with E-state index < -0.39 is 15.9 Å². The van der Waals surface area contributed by atoms with Crippen LogP contribution in [0.2, 0.25) is 0 Å². The van der Waals surface area contributed by atoms with Gasteiger partial charge >= 0.3 is 0 Å². The second kappa shape index (κ2) is 9.11. The zero-order chi connectivity index (χ0) is 23.0. The SMILES string of the molecule is COc1ccc2nc(CC(=O)[C@@H](CC3CCOCC3)n3ccc(S(=O)(=O)C4CC4)n3)sc2n1. The molecule has 1 atom stereocenters. The third-order valence-corrected chi connectivity index (χ3v) is 9.35. The molecule has 1 saturated heterocycles. The van der Waals surface area contributed by atoms with Crippen molar-refractivity contribution in [3.05, 3.63) is 29.4 Å². The predicted molar refractivity (Wildman–Crippen MR) is 122 cm³/mol. The molecule has 33 heavy (non-hydrogen) atoms. The highest BCUT2D eigenvalue weighted by Crippen LogP contribution is 2.34. The standard InChI is InChI=1S/C22H26N4O5S2/c1-30-19-5-4-16-22(24-19)32-20(23-16)13-18(27)17(12-14-7-10-31-11-8-14)26-9-6-21(25-26)33(28,29)15-2-3-15/h4-6,9,14-15,17H,2-3,7-8,10-13H2,1H3/t17-/m1/s1. The first kappa shape index (κ1) is 22.4. The van der Waals surface area contributed by atoms with Gasteiger partial charge in [0, 0.05) is 25.5 Å². The Labute approximate surface area is 196 Å². The smallest absolute Gasteiger partial charge is 0.214 e. The van der Waals surface area contributed by atoms with Crippen LogP contribution < -0.4 is 4.74 Å². The normalized spacial score (nSPS) is 18.5. The molecule has 5 rings (SSSR count). The first-order valence-electron chi connectivity index (χ1n) is 11.1. The summed E-state index contributed by atoms with van der Waals surface area (Å²) in [5.41, 5.74) is 0.724. The zero-order valence-electron chi connectivity index (χ0n) is 18.3. The van der Waals surface area contributed by atoms with Crippen molar-refractivity contribution in [3.8, 4) is 5.88 Å². The summed E-state index contributed by atoms with van der Waals surface area (Å²) < 4.78 is 37.4. The minimum absolute atomic E-state index is 0.0361. The van der Waals surface area contributed by atoms with Gasteiger partial charge in [-0.25, -0.2) is 18.4 Å². The van der Waals surface area contributed by atoms with Crippen LogP contribution in [0.15, 0.2) is 29.4 Å². The Morgan fingerprint density at radius 2 is 2.00 bits per heavy atom. The number of methoxy groups -OCH3 is 1. The molecular formula is C22H26N4O5S2. The van der Waals surface area contributed by atoms with E-state index in [1.165, 1.54) is 17.4 Å². The van der Waals surface area contributed by atoms with Crippen molar-refractivity contribution in [2.24, 2.45) is 5.92 Å². The van der Waals surface area contributed by atoms with Crippen molar-refractivity contribution < 1.29 is 22.7 Å². The van der Waals surface area contributed by atoms with Crippen LogP contribution in [0.25, 0.3) is 10.3 Å². The number of aromatic nitrogens is 4. The summed E-state index contributed by atoms with van der Waals surface area (Å²) in [6.45, 7) is 1.36. The average Bonchev–Trinajstić information content (AvgIpc) is 3.44. The van der Waals surface area contributed by atoms with Crippen molar-refractivity contribution in [2.75, 3.05) is 20.3 Å². The topological polar surface area (TPSA) is 113 Å². The summed E-state index contributed by atoms with van der Waals surface area (Å²) in [4.78, 5) is 23.1. The average molecular weight is 491 g/mol. The van der Waals surface area contributed by atoms with Gasteiger partial charge in [-0.05, 0) is 50.2 Å². The molecule has 3 aromatic heterocycles. The lowest BCUT2D eigenvalue weighted by Crippen LogP contribution is -2.27. The van der Waals surface area contributed by atoms with Gasteiger partial charge in [-0.2, -0.15) is 5.10 Å². The molecule has 4 heterocycles. The van der Waals surface area contributed by atoms with Gasteiger partial charge in [-0.1, -0.05) is 11.3 Å². The maximum absolute atomic E-state index is 13.5.